The standard InChI is InChI=1S/C32H39N5O6S/c1-19(2)13-24-18-42-28-17-27(29-20(3)9-7-10-21(29)4)33-31(34-28)35-44(40,41)26-12-8-11-22(14-26)30(38)37(24)23-15-25(16-23)43-32(39)36(5)6/h7-12,14,17,19,23-25H,13,15-16,18H2,1-6H3,(H,33,34,35)/t23?,24-,25?/m1/s1. The molecule has 234 valence electrons. The summed E-state index contributed by atoms with van der Waals surface area (Å²) in [7, 11) is -0.913. The smallest absolute Gasteiger partial charge is 0.409 e. The van der Waals surface area contributed by atoms with Crippen molar-refractivity contribution in [2.45, 2.75) is 70.0 Å². The van der Waals surface area contributed by atoms with E-state index in [4.69, 9.17) is 9.47 Å². The van der Waals surface area contributed by atoms with Crippen molar-refractivity contribution in [2.75, 3.05) is 25.4 Å². The molecule has 1 saturated carbocycles. The molecule has 0 radical (unpaired) electrons. The zero-order chi connectivity index (χ0) is 31.8. The maximum Gasteiger partial charge on any atom is 0.409 e. The first-order valence-corrected chi connectivity index (χ1v) is 16.2. The van der Waals surface area contributed by atoms with Crippen molar-refractivity contribution in [1.29, 1.82) is 0 Å². The number of carbonyl (C=O) groups excluding carboxylic acids is 2. The van der Waals surface area contributed by atoms with E-state index in [-0.39, 0.29) is 58.9 Å². The van der Waals surface area contributed by atoms with Gasteiger partial charge in [0.2, 0.25) is 11.8 Å². The van der Waals surface area contributed by atoms with Crippen LogP contribution in [0.1, 0.15) is 54.6 Å². The van der Waals surface area contributed by atoms with Crippen molar-refractivity contribution in [3.05, 3.63) is 65.2 Å². The largest absolute Gasteiger partial charge is 0.475 e. The van der Waals surface area contributed by atoms with Gasteiger partial charge in [-0.2, -0.15) is 4.98 Å². The topological polar surface area (TPSA) is 131 Å². The van der Waals surface area contributed by atoms with Crippen molar-refractivity contribution >= 4 is 28.0 Å². The van der Waals surface area contributed by atoms with Crippen molar-refractivity contribution in [2.24, 2.45) is 5.92 Å². The van der Waals surface area contributed by atoms with Crippen LogP contribution in [0.15, 0.2) is 53.4 Å². The van der Waals surface area contributed by atoms with E-state index in [0.717, 1.165) is 16.7 Å². The minimum absolute atomic E-state index is 0.0853. The molecule has 3 aromatic rings. The third-order valence-corrected chi connectivity index (χ3v) is 9.27. The minimum atomic E-state index is -4.16. The van der Waals surface area contributed by atoms with Crippen LogP contribution in [0.25, 0.3) is 11.3 Å². The average molecular weight is 622 g/mol. The van der Waals surface area contributed by atoms with Gasteiger partial charge in [0.15, 0.2) is 0 Å². The van der Waals surface area contributed by atoms with Gasteiger partial charge in [-0.1, -0.05) is 38.1 Å². The van der Waals surface area contributed by atoms with Gasteiger partial charge in [0, 0.05) is 50.2 Å². The fourth-order valence-electron chi connectivity index (χ4n) is 5.74. The van der Waals surface area contributed by atoms with Crippen LogP contribution in [-0.2, 0) is 14.8 Å². The first-order valence-electron chi connectivity index (χ1n) is 14.7. The van der Waals surface area contributed by atoms with Crippen molar-refractivity contribution < 1.29 is 27.5 Å². The number of sulfonamides is 1. The summed E-state index contributed by atoms with van der Waals surface area (Å²) in [6.07, 6.45) is 0.800. The second kappa shape index (κ2) is 12.4. The molecule has 4 bridgehead atoms. The molecule has 5 rings (SSSR count). The predicted molar refractivity (Wildman–Crippen MR) is 166 cm³/mol. The molecule has 2 heterocycles. The normalized spacial score (nSPS) is 21.1. The number of hydrogen-bond donors (Lipinski definition) is 1. The zero-order valence-corrected chi connectivity index (χ0v) is 26.7. The van der Waals surface area contributed by atoms with Gasteiger partial charge in [0.1, 0.15) is 12.7 Å². The number of anilines is 1. The monoisotopic (exact) mass is 621 g/mol. The SMILES string of the molecule is Cc1cccc(C)c1-c1cc2nc(n1)NS(=O)(=O)c1cccc(c1)C(=O)N(C1CC(OC(=O)N(C)C)C1)[C@H](CC(C)C)CO2. The fourth-order valence-corrected chi connectivity index (χ4v) is 6.73. The number of aryl methyl sites for hydroxylation is 2. The Morgan fingerprint density at radius 3 is 2.43 bits per heavy atom. The molecule has 12 heteroatoms. The highest BCUT2D eigenvalue weighted by molar-refractivity contribution is 7.92. The lowest BCUT2D eigenvalue weighted by Gasteiger charge is -2.46. The number of carbonyl (C=O) groups is 2. The van der Waals surface area contributed by atoms with Crippen LogP contribution in [-0.4, -0.2) is 79.1 Å². The molecule has 44 heavy (non-hydrogen) atoms. The molecule has 1 N–H and O–H groups in total. The van der Waals surface area contributed by atoms with Crippen LogP contribution in [0.3, 0.4) is 0 Å². The molecule has 1 aliphatic carbocycles. The minimum Gasteiger partial charge on any atom is -0.475 e. The Labute approximate surface area is 258 Å². The number of benzene rings is 2. The summed E-state index contributed by atoms with van der Waals surface area (Å²) in [6.45, 7) is 8.20. The third-order valence-electron chi connectivity index (χ3n) is 7.95. The van der Waals surface area contributed by atoms with Crippen LogP contribution in [0.5, 0.6) is 5.88 Å². The number of ether oxygens (including phenoxy) is 2. The van der Waals surface area contributed by atoms with Crippen molar-refractivity contribution in [3.8, 4) is 17.1 Å². The summed E-state index contributed by atoms with van der Waals surface area (Å²) in [4.78, 5) is 38.4. The van der Waals surface area contributed by atoms with E-state index in [1.54, 1.807) is 37.2 Å². The van der Waals surface area contributed by atoms with Gasteiger partial charge in [-0.25, -0.2) is 22.9 Å². The summed E-state index contributed by atoms with van der Waals surface area (Å²) in [5.41, 5.74) is 3.55. The van der Waals surface area contributed by atoms with Crippen LogP contribution < -0.4 is 9.46 Å². The maximum absolute atomic E-state index is 14.2. The maximum atomic E-state index is 14.2. The van der Waals surface area contributed by atoms with Crippen LogP contribution in [0.4, 0.5) is 10.7 Å². The Morgan fingerprint density at radius 1 is 1.09 bits per heavy atom. The molecule has 2 amide bonds. The number of rotatable bonds is 5. The molecule has 0 spiro atoms. The second-order valence-corrected chi connectivity index (χ2v) is 13.8. The molecule has 1 fully saturated rings. The van der Waals surface area contributed by atoms with E-state index in [9.17, 15) is 18.0 Å². The Balaban J connectivity index is 1.59. The molecule has 1 aromatic heterocycles. The molecule has 1 aliphatic heterocycles. The van der Waals surface area contributed by atoms with E-state index >= 15 is 0 Å². The van der Waals surface area contributed by atoms with Gasteiger partial charge >= 0.3 is 6.09 Å². The summed E-state index contributed by atoms with van der Waals surface area (Å²) in [5, 5.41) is 0. The summed E-state index contributed by atoms with van der Waals surface area (Å²) < 4.78 is 41.4. The number of amides is 2. The number of aromatic nitrogens is 2. The molecule has 2 aliphatic rings. The highest BCUT2D eigenvalue weighted by atomic mass is 32.2. The Morgan fingerprint density at radius 2 is 1.77 bits per heavy atom. The van der Waals surface area contributed by atoms with Gasteiger partial charge in [-0.15, -0.1) is 0 Å². The molecule has 1 atom stereocenters. The third kappa shape index (κ3) is 6.64. The summed E-state index contributed by atoms with van der Waals surface area (Å²) in [6, 6.07) is 13.0. The summed E-state index contributed by atoms with van der Waals surface area (Å²) in [5.74, 6) is -0.0321. The number of nitrogens with zero attached hydrogens (tertiary/aromatic N) is 4. The van der Waals surface area contributed by atoms with E-state index in [0.29, 0.717) is 25.0 Å². The van der Waals surface area contributed by atoms with E-state index < -0.39 is 16.1 Å². The van der Waals surface area contributed by atoms with Gasteiger partial charge in [0.05, 0.1) is 16.6 Å². The molecule has 2 aromatic carbocycles. The molecular formula is C32H39N5O6S. The molecule has 0 saturated heterocycles. The molecular weight excluding hydrogens is 582 g/mol. The lowest BCUT2D eigenvalue weighted by molar-refractivity contribution is -0.0330. The van der Waals surface area contributed by atoms with E-state index in [1.807, 2.05) is 32.0 Å². The van der Waals surface area contributed by atoms with E-state index in [1.165, 1.54) is 17.0 Å². The van der Waals surface area contributed by atoms with E-state index in [2.05, 4.69) is 28.5 Å². The van der Waals surface area contributed by atoms with Gasteiger partial charge in [-0.05, 0) is 55.5 Å². The van der Waals surface area contributed by atoms with Crippen LogP contribution in [0, 0.1) is 19.8 Å². The number of fused-ring (bicyclic) bond motifs is 4. The quantitative estimate of drug-likeness (QED) is 0.419. The Bertz CT molecular complexity index is 1650. The van der Waals surface area contributed by atoms with Gasteiger partial charge < -0.3 is 19.3 Å². The van der Waals surface area contributed by atoms with Crippen molar-refractivity contribution in [3.63, 3.8) is 0 Å². The first kappa shape index (κ1) is 31.2. The first-order chi connectivity index (χ1) is 20.8. The van der Waals surface area contributed by atoms with Gasteiger partial charge in [-0.3, -0.25) is 4.79 Å². The van der Waals surface area contributed by atoms with Crippen LogP contribution in [0.2, 0.25) is 0 Å². The zero-order valence-electron chi connectivity index (χ0n) is 25.9. The highest BCUT2D eigenvalue weighted by Crippen LogP contribution is 2.35. The predicted octanol–water partition coefficient (Wildman–Crippen LogP) is 5.04. The Hall–Kier alpha value is -4.19. The fraction of sp³-hybridized carbons (Fsp3) is 0.438. The lowest BCUT2D eigenvalue weighted by atomic mass is 9.85. The molecule has 0 unspecified atom stereocenters. The molecule has 11 nitrogen and oxygen atoms in total. The second-order valence-electron chi connectivity index (χ2n) is 12.1. The van der Waals surface area contributed by atoms with Crippen LogP contribution >= 0.6 is 0 Å². The highest BCUT2D eigenvalue weighted by Gasteiger charge is 2.42. The summed E-state index contributed by atoms with van der Waals surface area (Å²) >= 11 is 0. The lowest BCUT2D eigenvalue weighted by Crippen LogP contribution is -2.57. The van der Waals surface area contributed by atoms with Gasteiger partial charge in [0.25, 0.3) is 15.9 Å². The number of hydrogen-bond acceptors (Lipinski definition) is 8. The average Bonchev–Trinajstić information content (AvgIpc) is 2.93. The van der Waals surface area contributed by atoms with Crippen molar-refractivity contribution in [1.82, 2.24) is 19.8 Å². The number of nitrogens with one attached hydrogen (secondary N) is 1. The Kier molecular flexibility index (Phi) is 8.83.